The molecular formula is C23H20. The van der Waals surface area contributed by atoms with Gasteiger partial charge >= 0.3 is 0 Å². The summed E-state index contributed by atoms with van der Waals surface area (Å²) >= 11 is 0. The van der Waals surface area contributed by atoms with E-state index >= 15 is 0 Å². The van der Waals surface area contributed by atoms with Crippen LogP contribution in [0, 0.1) is 6.92 Å². The van der Waals surface area contributed by atoms with E-state index < -0.39 is 0 Å². The van der Waals surface area contributed by atoms with Gasteiger partial charge in [-0.3, -0.25) is 0 Å². The minimum Gasteiger partial charge on any atom is -0.0614 e. The second kappa shape index (κ2) is 5.89. The van der Waals surface area contributed by atoms with Gasteiger partial charge in [0.2, 0.25) is 0 Å². The lowest BCUT2D eigenvalue weighted by atomic mass is 9.87. The van der Waals surface area contributed by atoms with Crippen molar-refractivity contribution >= 4 is 12.2 Å². The van der Waals surface area contributed by atoms with E-state index in [4.69, 9.17) is 0 Å². The maximum Gasteiger partial charge on any atom is -0.0178 e. The summed E-state index contributed by atoms with van der Waals surface area (Å²) in [5.74, 6) is 0. The van der Waals surface area contributed by atoms with Gasteiger partial charge in [0, 0.05) is 0 Å². The van der Waals surface area contributed by atoms with Crippen LogP contribution in [0.15, 0.2) is 66.7 Å². The highest BCUT2D eigenvalue weighted by Gasteiger charge is 2.11. The summed E-state index contributed by atoms with van der Waals surface area (Å²) in [5.41, 5.74) is 9.42. The first-order valence-corrected chi connectivity index (χ1v) is 8.25. The molecule has 0 heterocycles. The second-order valence-corrected chi connectivity index (χ2v) is 6.36. The quantitative estimate of drug-likeness (QED) is 0.525. The molecular weight excluding hydrogens is 276 g/mol. The van der Waals surface area contributed by atoms with E-state index in [0.29, 0.717) is 0 Å². The van der Waals surface area contributed by atoms with Gasteiger partial charge in [-0.2, -0.15) is 0 Å². The molecule has 0 spiro atoms. The van der Waals surface area contributed by atoms with Crippen molar-refractivity contribution in [2.75, 3.05) is 0 Å². The van der Waals surface area contributed by atoms with Crippen molar-refractivity contribution in [3.05, 3.63) is 94.5 Å². The first-order chi connectivity index (χ1) is 11.3. The Morgan fingerprint density at radius 1 is 0.652 bits per heavy atom. The molecule has 0 amide bonds. The highest BCUT2D eigenvalue weighted by molar-refractivity contribution is 5.74. The van der Waals surface area contributed by atoms with Gasteiger partial charge in [0.1, 0.15) is 0 Å². The van der Waals surface area contributed by atoms with E-state index in [2.05, 4.69) is 85.8 Å². The molecule has 0 N–H and O–H groups in total. The Labute approximate surface area is 138 Å². The molecule has 4 rings (SSSR count). The monoisotopic (exact) mass is 296 g/mol. The fraction of sp³-hybridized carbons (Fsp3) is 0.130. The molecule has 0 bridgehead atoms. The number of benzene rings is 3. The molecule has 0 saturated heterocycles. The third kappa shape index (κ3) is 2.98. The van der Waals surface area contributed by atoms with E-state index in [0.717, 1.165) is 0 Å². The maximum absolute atomic E-state index is 2.32. The summed E-state index contributed by atoms with van der Waals surface area (Å²) in [6, 6.07) is 24.2. The van der Waals surface area contributed by atoms with Crippen LogP contribution in [0.5, 0.6) is 0 Å². The molecule has 3 aromatic rings. The van der Waals surface area contributed by atoms with Crippen LogP contribution in [0.3, 0.4) is 0 Å². The SMILES string of the molecule is Cc1cccc(-c2cccc(C=Cc3ccc4c(c3)CC4)c2)c1. The van der Waals surface area contributed by atoms with Gasteiger partial charge < -0.3 is 0 Å². The Balaban J connectivity index is 1.60. The number of aryl methyl sites for hydroxylation is 3. The van der Waals surface area contributed by atoms with Gasteiger partial charge in [-0.25, -0.2) is 0 Å². The van der Waals surface area contributed by atoms with Gasteiger partial charge in [-0.1, -0.05) is 78.4 Å². The van der Waals surface area contributed by atoms with Crippen LogP contribution in [-0.2, 0) is 12.8 Å². The van der Waals surface area contributed by atoms with Crippen LogP contribution in [0.2, 0.25) is 0 Å². The van der Waals surface area contributed by atoms with Crippen molar-refractivity contribution in [2.24, 2.45) is 0 Å². The smallest absolute Gasteiger partial charge is 0.0178 e. The van der Waals surface area contributed by atoms with E-state index in [9.17, 15) is 0 Å². The molecule has 0 aliphatic heterocycles. The minimum atomic E-state index is 1.24. The zero-order valence-corrected chi connectivity index (χ0v) is 13.4. The third-order valence-electron chi connectivity index (χ3n) is 4.60. The second-order valence-electron chi connectivity index (χ2n) is 6.36. The lowest BCUT2D eigenvalue weighted by molar-refractivity contribution is 0.839. The molecule has 3 aromatic carbocycles. The lowest BCUT2D eigenvalue weighted by Gasteiger charge is -2.18. The van der Waals surface area contributed by atoms with Crippen molar-refractivity contribution in [1.82, 2.24) is 0 Å². The number of rotatable bonds is 3. The van der Waals surface area contributed by atoms with E-state index in [1.54, 1.807) is 0 Å². The van der Waals surface area contributed by atoms with Crippen LogP contribution in [0.1, 0.15) is 27.8 Å². The average Bonchev–Trinajstić information content (AvgIpc) is 2.55. The Bertz CT molecular complexity index is 884. The topological polar surface area (TPSA) is 0 Å². The van der Waals surface area contributed by atoms with Crippen molar-refractivity contribution in [3.63, 3.8) is 0 Å². The molecule has 112 valence electrons. The van der Waals surface area contributed by atoms with Crippen molar-refractivity contribution < 1.29 is 0 Å². The Hall–Kier alpha value is -2.60. The Kier molecular flexibility index (Phi) is 3.59. The molecule has 23 heavy (non-hydrogen) atoms. The summed E-state index contributed by atoms with van der Waals surface area (Å²) in [6.45, 7) is 2.14. The third-order valence-corrected chi connectivity index (χ3v) is 4.60. The van der Waals surface area contributed by atoms with Crippen LogP contribution in [0.25, 0.3) is 23.3 Å². The molecule has 0 atom stereocenters. The van der Waals surface area contributed by atoms with Crippen LogP contribution >= 0.6 is 0 Å². The van der Waals surface area contributed by atoms with Gasteiger partial charge in [-0.05, 0) is 59.2 Å². The highest BCUT2D eigenvalue weighted by Crippen LogP contribution is 2.25. The van der Waals surface area contributed by atoms with Crippen LogP contribution < -0.4 is 0 Å². The van der Waals surface area contributed by atoms with E-state index in [-0.39, 0.29) is 0 Å². The van der Waals surface area contributed by atoms with Crippen LogP contribution in [0.4, 0.5) is 0 Å². The molecule has 0 unspecified atom stereocenters. The summed E-state index contributed by atoms with van der Waals surface area (Å²) in [5, 5.41) is 0. The summed E-state index contributed by atoms with van der Waals surface area (Å²) in [4.78, 5) is 0. The van der Waals surface area contributed by atoms with Crippen LogP contribution in [-0.4, -0.2) is 0 Å². The Morgan fingerprint density at radius 2 is 1.35 bits per heavy atom. The van der Waals surface area contributed by atoms with E-state index in [1.807, 2.05) is 0 Å². The summed E-state index contributed by atoms with van der Waals surface area (Å²) < 4.78 is 0. The summed E-state index contributed by atoms with van der Waals surface area (Å²) in [6.07, 6.45) is 6.91. The van der Waals surface area contributed by atoms with Gasteiger partial charge in [0.25, 0.3) is 0 Å². The zero-order valence-electron chi connectivity index (χ0n) is 13.4. The zero-order chi connectivity index (χ0) is 15.6. The van der Waals surface area contributed by atoms with Gasteiger partial charge in [0.15, 0.2) is 0 Å². The molecule has 0 heteroatoms. The van der Waals surface area contributed by atoms with E-state index in [1.165, 1.54) is 51.8 Å². The maximum atomic E-state index is 2.32. The molecule has 0 saturated carbocycles. The largest absolute Gasteiger partial charge is 0.0614 e. The Morgan fingerprint density at radius 3 is 2.04 bits per heavy atom. The molecule has 1 aliphatic rings. The molecule has 0 radical (unpaired) electrons. The van der Waals surface area contributed by atoms with Crippen molar-refractivity contribution in [1.29, 1.82) is 0 Å². The predicted octanol–water partition coefficient (Wildman–Crippen LogP) is 5.93. The van der Waals surface area contributed by atoms with Gasteiger partial charge in [0.05, 0.1) is 0 Å². The first kappa shape index (κ1) is 14.0. The molecule has 0 fully saturated rings. The fourth-order valence-electron chi connectivity index (χ4n) is 3.16. The normalized spacial score (nSPS) is 12.9. The highest BCUT2D eigenvalue weighted by atomic mass is 14.2. The molecule has 1 aliphatic carbocycles. The minimum absolute atomic E-state index is 1.24. The number of hydrogen-bond acceptors (Lipinski definition) is 0. The summed E-state index contributed by atoms with van der Waals surface area (Å²) in [7, 11) is 0. The number of hydrogen-bond donors (Lipinski definition) is 0. The number of fused-ring (bicyclic) bond motifs is 1. The van der Waals surface area contributed by atoms with Crippen molar-refractivity contribution in [2.45, 2.75) is 19.8 Å². The van der Waals surface area contributed by atoms with Crippen molar-refractivity contribution in [3.8, 4) is 11.1 Å². The fourth-order valence-corrected chi connectivity index (χ4v) is 3.16. The average molecular weight is 296 g/mol. The lowest BCUT2D eigenvalue weighted by Crippen LogP contribution is -2.07. The predicted molar refractivity (Wildman–Crippen MR) is 99.4 cm³/mol. The standard InChI is InChI=1S/C23H20/c1-17-4-2-6-21(14-17)22-7-3-5-18(15-22)8-9-19-10-11-20-12-13-23(20)16-19/h2-11,14-16H,12-13H2,1H3. The molecule has 0 aromatic heterocycles. The van der Waals surface area contributed by atoms with Gasteiger partial charge in [-0.15, -0.1) is 0 Å². The molecule has 0 nitrogen and oxygen atoms in total. The first-order valence-electron chi connectivity index (χ1n) is 8.25.